The van der Waals surface area contributed by atoms with Crippen LogP contribution in [0.3, 0.4) is 0 Å². The quantitative estimate of drug-likeness (QED) is 0.413. The number of carbonyl (C=O) groups excluding carboxylic acids is 3. The van der Waals surface area contributed by atoms with E-state index in [2.05, 4.69) is 10.3 Å². The van der Waals surface area contributed by atoms with Crippen molar-refractivity contribution in [2.24, 2.45) is 4.99 Å². The number of esters is 1. The summed E-state index contributed by atoms with van der Waals surface area (Å²) < 4.78 is 10.4. The number of ether oxygens (including phenoxy) is 2. The van der Waals surface area contributed by atoms with Gasteiger partial charge in [0.15, 0.2) is 0 Å². The summed E-state index contributed by atoms with van der Waals surface area (Å²) in [4.78, 5) is 37.4. The number of nitrogens with one attached hydrogen (secondary N) is 1. The maximum atomic E-state index is 11.9. The van der Waals surface area contributed by atoms with E-state index in [4.69, 9.17) is 9.47 Å². The highest BCUT2D eigenvalue weighted by Gasteiger charge is 2.20. The molecule has 138 valence electrons. The first-order valence-corrected chi connectivity index (χ1v) is 8.34. The van der Waals surface area contributed by atoms with Gasteiger partial charge in [0, 0.05) is 6.42 Å². The van der Waals surface area contributed by atoms with Gasteiger partial charge in [0.05, 0.1) is 12.6 Å². The molecule has 1 N–H and O–H groups in total. The van der Waals surface area contributed by atoms with Crippen molar-refractivity contribution in [3.8, 4) is 0 Å². The monoisotopic (exact) mass is 350 g/mol. The highest BCUT2D eigenvalue weighted by molar-refractivity contribution is 5.70. The summed E-state index contributed by atoms with van der Waals surface area (Å²) in [5, 5.41) is 2.61. The molecule has 0 saturated heterocycles. The van der Waals surface area contributed by atoms with Crippen LogP contribution in [0.1, 0.15) is 46.5 Å². The Morgan fingerprint density at radius 2 is 2.12 bits per heavy atom. The first-order valence-electron chi connectivity index (χ1n) is 8.34. The first-order chi connectivity index (χ1) is 11.8. The molecular formula is C18H26N2O5. The van der Waals surface area contributed by atoms with E-state index in [9.17, 15) is 14.4 Å². The molecular weight excluding hydrogens is 324 g/mol. The fourth-order valence-corrected chi connectivity index (χ4v) is 2.13. The van der Waals surface area contributed by atoms with Crippen LogP contribution in [0, 0.1) is 0 Å². The number of amides is 1. The van der Waals surface area contributed by atoms with Crippen molar-refractivity contribution in [2.45, 2.75) is 58.1 Å². The predicted molar refractivity (Wildman–Crippen MR) is 92.8 cm³/mol. The Morgan fingerprint density at radius 1 is 1.36 bits per heavy atom. The highest BCUT2D eigenvalue weighted by Crippen LogP contribution is 2.11. The molecule has 1 aliphatic rings. The van der Waals surface area contributed by atoms with E-state index in [1.165, 1.54) is 6.08 Å². The fourth-order valence-electron chi connectivity index (χ4n) is 2.13. The molecule has 0 radical (unpaired) electrons. The SMILES string of the molecule is CC(C)(C)OC(=O)N[C@@H](CCC(=O)OCC1=CCCC=C1)CN=C=O. The van der Waals surface area contributed by atoms with Gasteiger partial charge in [-0.3, -0.25) is 4.79 Å². The zero-order valence-electron chi connectivity index (χ0n) is 15.0. The van der Waals surface area contributed by atoms with E-state index in [1.807, 2.05) is 18.2 Å². The molecule has 1 rings (SSSR count). The van der Waals surface area contributed by atoms with Crippen molar-refractivity contribution < 1.29 is 23.9 Å². The third-order valence-corrected chi connectivity index (χ3v) is 3.27. The van der Waals surface area contributed by atoms with Crippen LogP contribution >= 0.6 is 0 Å². The number of hydrogen-bond acceptors (Lipinski definition) is 6. The van der Waals surface area contributed by atoms with Gasteiger partial charge < -0.3 is 14.8 Å². The molecule has 0 bridgehead atoms. The maximum absolute atomic E-state index is 11.9. The average molecular weight is 350 g/mol. The summed E-state index contributed by atoms with van der Waals surface area (Å²) in [7, 11) is 0. The van der Waals surface area contributed by atoms with Gasteiger partial charge in [-0.25, -0.2) is 14.6 Å². The number of isocyanates is 1. The molecule has 0 unspecified atom stereocenters. The molecule has 7 heteroatoms. The van der Waals surface area contributed by atoms with Crippen molar-refractivity contribution in [1.29, 1.82) is 0 Å². The number of alkyl carbamates (subject to hydrolysis) is 1. The van der Waals surface area contributed by atoms with Gasteiger partial charge in [-0.1, -0.05) is 18.2 Å². The van der Waals surface area contributed by atoms with Gasteiger partial charge in [0.1, 0.15) is 12.2 Å². The molecule has 0 aromatic carbocycles. The van der Waals surface area contributed by atoms with E-state index in [0.717, 1.165) is 18.4 Å². The van der Waals surface area contributed by atoms with Crippen molar-refractivity contribution in [3.05, 3.63) is 23.8 Å². The zero-order valence-corrected chi connectivity index (χ0v) is 15.0. The zero-order chi connectivity index (χ0) is 18.7. The van der Waals surface area contributed by atoms with Crippen molar-refractivity contribution in [2.75, 3.05) is 13.2 Å². The van der Waals surface area contributed by atoms with Gasteiger partial charge in [-0.15, -0.1) is 0 Å². The third-order valence-electron chi connectivity index (χ3n) is 3.27. The minimum Gasteiger partial charge on any atom is -0.461 e. The van der Waals surface area contributed by atoms with Crippen LogP contribution in [0.5, 0.6) is 0 Å². The van der Waals surface area contributed by atoms with Gasteiger partial charge in [0.25, 0.3) is 0 Å². The first kappa shape index (κ1) is 20.6. The number of allylic oxidation sites excluding steroid dienone is 2. The predicted octanol–water partition coefficient (Wildman–Crippen LogP) is 2.82. The Balaban J connectivity index is 2.41. The number of nitrogens with zero attached hydrogens (tertiary/aromatic N) is 1. The summed E-state index contributed by atoms with van der Waals surface area (Å²) in [6.45, 7) is 5.51. The van der Waals surface area contributed by atoms with Crippen LogP contribution in [0.15, 0.2) is 28.8 Å². The summed E-state index contributed by atoms with van der Waals surface area (Å²) in [6.07, 6.45) is 9.19. The van der Waals surface area contributed by atoms with Crippen molar-refractivity contribution in [3.63, 3.8) is 0 Å². The van der Waals surface area contributed by atoms with E-state index >= 15 is 0 Å². The number of carbonyl (C=O) groups is 2. The lowest BCUT2D eigenvalue weighted by atomic mass is 10.1. The van der Waals surface area contributed by atoms with Gasteiger partial charge in [-0.2, -0.15) is 0 Å². The topological polar surface area (TPSA) is 94.1 Å². The Hall–Kier alpha value is -2.40. The average Bonchev–Trinajstić information content (AvgIpc) is 2.54. The molecule has 25 heavy (non-hydrogen) atoms. The van der Waals surface area contributed by atoms with E-state index in [1.54, 1.807) is 20.8 Å². The number of hydrogen-bond donors (Lipinski definition) is 1. The second-order valence-corrected chi connectivity index (χ2v) is 6.73. The van der Waals surface area contributed by atoms with Gasteiger partial charge in [-0.05, 0) is 45.6 Å². The minimum atomic E-state index is -0.636. The largest absolute Gasteiger partial charge is 0.461 e. The van der Waals surface area contributed by atoms with Gasteiger partial charge >= 0.3 is 12.1 Å². The standard InChI is InChI=1S/C18H26N2O5/c1-18(2,3)25-17(23)20-15(11-19-13-21)9-10-16(22)24-12-14-7-5-4-6-8-14/h5,7-8,15H,4,6,9-12H2,1-3H3,(H,20,23)/t15-/m0/s1. The van der Waals surface area contributed by atoms with Crippen LogP contribution in [-0.2, 0) is 19.1 Å². The van der Waals surface area contributed by atoms with Gasteiger partial charge in [0.2, 0.25) is 6.08 Å². The van der Waals surface area contributed by atoms with E-state index < -0.39 is 17.7 Å². The Kier molecular flexibility index (Phi) is 8.64. The Bertz CT molecular complexity index is 569. The lowest BCUT2D eigenvalue weighted by molar-refractivity contribution is -0.142. The molecule has 0 fully saturated rings. The number of aliphatic imine (C=N–C) groups is 1. The molecule has 7 nitrogen and oxygen atoms in total. The van der Waals surface area contributed by atoms with E-state index in [-0.39, 0.29) is 32.0 Å². The summed E-state index contributed by atoms with van der Waals surface area (Å²) in [6, 6.07) is -0.502. The van der Waals surface area contributed by atoms with Crippen LogP contribution in [0.2, 0.25) is 0 Å². The van der Waals surface area contributed by atoms with E-state index in [0.29, 0.717) is 0 Å². The van der Waals surface area contributed by atoms with Crippen LogP contribution in [0.4, 0.5) is 4.79 Å². The molecule has 0 aromatic rings. The van der Waals surface area contributed by atoms with Crippen molar-refractivity contribution >= 4 is 18.1 Å². The van der Waals surface area contributed by atoms with Crippen molar-refractivity contribution in [1.82, 2.24) is 5.32 Å². The van der Waals surface area contributed by atoms with Crippen LogP contribution in [0.25, 0.3) is 0 Å². The molecule has 0 heterocycles. The highest BCUT2D eigenvalue weighted by atomic mass is 16.6. The summed E-state index contributed by atoms with van der Waals surface area (Å²) in [5.41, 5.74) is 0.344. The molecule has 1 atom stereocenters. The number of rotatable bonds is 8. The third kappa shape index (κ3) is 10.1. The molecule has 0 aromatic heterocycles. The summed E-state index contributed by atoms with van der Waals surface area (Å²) >= 11 is 0. The Labute approximate surface area is 148 Å². The fraction of sp³-hybridized carbons (Fsp3) is 0.611. The molecule has 0 saturated carbocycles. The molecule has 0 spiro atoms. The molecule has 1 amide bonds. The lowest BCUT2D eigenvalue weighted by Crippen LogP contribution is -2.41. The smallest absolute Gasteiger partial charge is 0.407 e. The second kappa shape index (κ2) is 10.5. The Morgan fingerprint density at radius 3 is 2.72 bits per heavy atom. The normalized spacial score (nSPS) is 14.8. The molecule has 0 aliphatic heterocycles. The molecule has 1 aliphatic carbocycles. The maximum Gasteiger partial charge on any atom is 0.407 e. The lowest BCUT2D eigenvalue weighted by Gasteiger charge is -2.22. The minimum absolute atomic E-state index is 0.0317. The second-order valence-electron chi connectivity index (χ2n) is 6.73. The summed E-state index contributed by atoms with van der Waals surface area (Å²) in [5.74, 6) is -0.369. The van der Waals surface area contributed by atoms with Crippen LogP contribution in [-0.4, -0.2) is 42.9 Å². The van der Waals surface area contributed by atoms with Crippen LogP contribution < -0.4 is 5.32 Å².